The Kier molecular flexibility index (Phi) is 5.15. The van der Waals surface area contributed by atoms with Crippen LogP contribution in [-0.2, 0) is 0 Å². The lowest BCUT2D eigenvalue weighted by atomic mass is 9.99. The Hall–Kier alpha value is -0.260. The van der Waals surface area contributed by atoms with Crippen molar-refractivity contribution in [2.24, 2.45) is 5.73 Å². The lowest BCUT2D eigenvalue weighted by Gasteiger charge is -2.34. The van der Waals surface area contributed by atoms with Crippen molar-refractivity contribution in [2.75, 3.05) is 11.5 Å². The molecule has 0 radical (unpaired) electrons. The minimum atomic E-state index is -0.779. The predicted octanol–water partition coefficient (Wildman–Crippen LogP) is 3.90. The van der Waals surface area contributed by atoms with Gasteiger partial charge < -0.3 is 5.73 Å². The summed E-state index contributed by atoms with van der Waals surface area (Å²) in [5.74, 6) is 0.583. The van der Waals surface area contributed by atoms with Gasteiger partial charge in [0.15, 0.2) is 11.6 Å². The van der Waals surface area contributed by atoms with Gasteiger partial charge in [-0.1, -0.05) is 19.1 Å². The molecule has 1 aromatic carbocycles. The van der Waals surface area contributed by atoms with Crippen molar-refractivity contribution in [3.63, 3.8) is 0 Å². The molecule has 2 rings (SSSR count). The molecule has 0 spiro atoms. The maximum absolute atomic E-state index is 14.0. The summed E-state index contributed by atoms with van der Waals surface area (Å²) in [6.45, 7) is 3.68. The van der Waals surface area contributed by atoms with E-state index in [9.17, 15) is 8.78 Å². The number of hydrogen-bond donors (Lipinski definition) is 1. The summed E-state index contributed by atoms with van der Waals surface area (Å²) >= 11 is 3.67. The minimum Gasteiger partial charge on any atom is -0.323 e. The molecule has 0 aromatic heterocycles. The molecule has 106 valence electrons. The molecule has 1 aliphatic heterocycles. The van der Waals surface area contributed by atoms with Crippen LogP contribution in [0.5, 0.6) is 0 Å². The topological polar surface area (TPSA) is 26.0 Å². The van der Waals surface area contributed by atoms with Gasteiger partial charge in [-0.15, -0.1) is 0 Å². The smallest absolute Gasteiger partial charge is 0.163 e. The second kappa shape index (κ2) is 6.46. The van der Waals surface area contributed by atoms with Crippen LogP contribution < -0.4 is 5.73 Å². The first-order chi connectivity index (χ1) is 9.06. The molecule has 1 nitrogen and oxygen atoms in total. The Morgan fingerprint density at radius 3 is 2.63 bits per heavy atom. The van der Waals surface area contributed by atoms with Crippen LogP contribution in [0.25, 0.3) is 0 Å². The molecule has 0 bridgehead atoms. The molecular formula is C14H19F2NS2. The zero-order chi connectivity index (χ0) is 14.0. The molecular weight excluding hydrogens is 284 g/mol. The van der Waals surface area contributed by atoms with Crippen molar-refractivity contribution in [3.05, 3.63) is 34.9 Å². The van der Waals surface area contributed by atoms with E-state index in [-0.39, 0.29) is 5.25 Å². The van der Waals surface area contributed by atoms with Gasteiger partial charge >= 0.3 is 0 Å². The standard InChI is InChI=1S/C14H19F2NS2/c1-3-10-14(19-7-6-18-10)13(17)9-5-4-8(2)11(15)12(9)16/h4-5,10,13-14H,3,6-7,17H2,1-2H3. The number of benzene rings is 1. The van der Waals surface area contributed by atoms with E-state index in [1.807, 2.05) is 11.8 Å². The van der Waals surface area contributed by atoms with Crippen molar-refractivity contribution in [2.45, 2.75) is 36.8 Å². The van der Waals surface area contributed by atoms with Crippen LogP contribution in [0.4, 0.5) is 8.78 Å². The third-order valence-electron chi connectivity index (χ3n) is 3.51. The first kappa shape index (κ1) is 15.1. The summed E-state index contributed by atoms with van der Waals surface area (Å²) < 4.78 is 27.7. The maximum atomic E-state index is 14.0. The van der Waals surface area contributed by atoms with Crippen LogP contribution in [0.15, 0.2) is 12.1 Å². The van der Waals surface area contributed by atoms with Crippen molar-refractivity contribution in [3.8, 4) is 0 Å². The molecule has 5 heteroatoms. The molecule has 1 heterocycles. The fourth-order valence-electron chi connectivity index (χ4n) is 2.37. The highest BCUT2D eigenvalue weighted by Gasteiger charge is 2.32. The maximum Gasteiger partial charge on any atom is 0.163 e. The van der Waals surface area contributed by atoms with Crippen molar-refractivity contribution >= 4 is 23.5 Å². The molecule has 0 amide bonds. The van der Waals surface area contributed by atoms with Crippen LogP contribution in [-0.4, -0.2) is 22.0 Å². The average molecular weight is 303 g/mol. The van der Waals surface area contributed by atoms with Crippen LogP contribution in [0.3, 0.4) is 0 Å². The Balaban J connectivity index is 2.28. The van der Waals surface area contributed by atoms with E-state index < -0.39 is 17.7 Å². The third-order valence-corrected chi connectivity index (χ3v) is 6.88. The molecule has 3 atom stereocenters. The van der Waals surface area contributed by atoms with Gasteiger partial charge in [-0.25, -0.2) is 8.78 Å². The van der Waals surface area contributed by atoms with Crippen LogP contribution >= 0.6 is 23.5 Å². The van der Waals surface area contributed by atoms with Gasteiger partial charge in [-0.05, 0) is 18.9 Å². The summed E-state index contributed by atoms with van der Waals surface area (Å²) in [6, 6.07) is 2.79. The average Bonchev–Trinajstić information content (AvgIpc) is 2.44. The number of rotatable bonds is 3. The Morgan fingerprint density at radius 1 is 1.26 bits per heavy atom. The SMILES string of the molecule is CCC1SCCSC1C(N)c1ccc(C)c(F)c1F. The second-order valence-corrected chi connectivity index (χ2v) is 7.41. The van der Waals surface area contributed by atoms with Crippen LogP contribution in [0, 0.1) is 18.6 Å². The minimum absolute atomic E-state index is 0.153. The summed E-state index contributed by atoms with van der Waals surface area (Å²) in [7, 11) is 0. The monoisotopic (exact) mass is 303 g/mol. The van der Waals surface area contributed by atoms with E-state index in [1.165, 1.54) is 0 Å². The summed E-state index contributed by atoms with van der Waals surface area (Å²) in [4.78, 5) is 0. The van der Waals surface area contributed by atoms with Gasteiger partial charge in [0.2, 0.25) is 0 Å². The first-order valence-corrected chi connectivity index (χ1v) is 8.59. The fraction of sp³-hybridized carbons (Fsp3) is 0.571. The van der Waals surface area contributed by atoms with E-state index in [0.29, 0.717) is 16.4 Å². The lowest BCUT2D eigenvalue weighted by Crippen LogP contribution is -2.36. The number of halogens is 2. The van der Waals surface area contributed by atoms with E-state index in [4.69, 9.17) is 5.73 Å². The molecule has 2 N–H and O–H groups in total. The predicted molar refractivity (Wildman–Crippen MR) is 80.8 cm³/mol. The Labute approximate surface area is 121 Å². The zero-order valence-electron chi connectivity index (χ0n) is 11.2. The number of thioether (sulfide) groups is 2. The molecule has 1 aliphatic rings. The van der Waals surface area contributed by atoms with Gasteiger partial charge in [-0.2, -0.15) is 23.5 Å². The van der Waals surface area contributed by atoms with Crippen LogP contribution in [0.2, 0.25) is 0 Å². The van der Waals surface area contributed by atoms with Crippen molar-refractivity contribution in [1.29, 1.82) is 0 Å². The highest BCUT2D eigenvalue weighted by atomic mass is 32.2. The largest absolute Gasteiger partial charge is 0.323 e. The van der Waals surface area contributed by atoms with Crippen molar-refractivity contribution < 1.29 is 8.78 Å². The van der Waals surface area contributed by atoms with Gasteiger partial charge in [0.1, 0.15) is 0 Å². The van der Waals surface area contributed by atoms with Crippen LogP contribution in [0.1, 0.15) is 30.5 Å². The summed E-state index contributed by atoms with van der Waals surface area (Å²) in [5.41, 5.74) is 6.85. The highest BCUT2D eigenvalue weighted by Crippen LogP contribution is 2.40. The fourth-order valence-corrected chi connectivity index (χ4v) is 5.54. The molecule has 3 unspecified atom stereocenters. The molecule has 0 saturated carbocycles. The number of hydrogen-bond acceptors (Lipinski definition) is 3. The normalized spacial score (nSPS) is 25.3. The van der Waals surface area contributed by atoms with Crippen molar-refractivity contribution in [1.82, 2.24) is 0 Å². The molecule has 1 saturated heterocycles. The van der Waals surface area contributed by atoms with E-state index >= 15 is 0 Å². The van der Waals surface area contributed by atoms with E-state index in [2.05, 4.69) is 6.92 Å². The lowest BCUT2D eigenvalue weighted by molar-refractivity contribution is 0.479. The van der Waals surface area contributed by atoms with Gasteiger partial charge in [0.05, 0.1) is 0 Å². The number of aryl methyl sites for hydroxylation is 1. The zero-order valence-corrected chi connectivity index (χ0v) is 12.8. The molecule has 19 heavy (non-hydrogen) atoms. The highest BCUT2D eigenvalue weighted by molar-refractivity contribution is 8.07. The van der Waals surface area contributed by atoms with E-state index in [0.717, 1.165) is 17.9 Å². The first-order valence-electron chi connectivity index (χ1n) is 6.49. The quantitative estimate of drug-likeness (QED) is 0.917. The molecule has 0 aliphatic carbocycles. The number of nitrogens with two attached hydrogens (primary N) is 1. The van der Waals surface area contributed by atoms with Gasteiger partial charge in [-0.3, -0.25) is 0 Å². The second-order valence-electron chi connectivity index (χ2n) is 4.78. The van der Waals surface area contributed by atoms with E-state index in [1.54, 1.807) is 30.8 Å². The molecule has 1 aromatic rings. The Bertz CT molecular complexity index is 453. The summed E-state index contributed by atoms with van der Waals surface area (Å²) in [6.07, 6.45) is 1.01. The third kappa shape index (κ3) is 3.09. The Morgan fingerprint density at radius 2 is 1.95 bits per heavy atom. The van der Waals surface area contributed by atoms with Gasteiger partial charge in [0, 0.05) is 33.6 Å². The summed E-state index contributed by atoms with van der Waals surface area (Å²) in [5, 5.41) is 0.567. The van der Waals surface area contributed by atoms with Gasteiger partial charge in [0.25, 0.3) is 0 Å². The molecule has 1 fully saturated rings.